The fraction of sp³-hybridized carbons (Fsp3) is 1.00. The summed E-state index contributed by atoms with van der Waals surface area (Å²) in [4.78, 5) is 0. The van der Waals surface area contributed by atoms with Gasteiger partial charge in [-0.25, -0.2) is 0 Å². The van der Waals surface area contributed by atoms with Gasteiger partial charge in [-0.1, -0.05) is 19.6 Å². The quantitative estimate of drug-likeness (QED) is 0.456. The Morgan fingerprint density at radius 3 is 1.43 bits per heavy atom. The van der Waals surface area contributed by atoms with Crippen molar-refractivity contribution >= 4 is 18.6 Å². The Morgan fingerprint density at radius 2 is 1.43 bits per heavy atom. The first-order chi connectivity index (χ1) is 2.94. The van der Waals surface area contributed by atoms with Crippen LogP contribution in [0, 0.1) is 0 Å². The molecular formula is C4H15NSi2. The van der Waals surface area contributed by atoms with Crippen LogP contribution in [0.15, 0.2) is 0 Å². The Hall–Kier alpha value is 0.394. The summed E-state index contributed by atoms with van der Waals surface area (Å²) in [6.07, 6.45) is 0. The maximum Gasteiger partial charge on any atom is 0.111 e. The van der Waals surface area contributed by atoms with Gasteiger partial charge < -0.3 is 4.23 Å². The van der Waals surface area contributed by atoms with E-state index >= 15 is 0 Å². The van der Waals surface area contributed by atoms with Crippen LogP contribution in [-0.4, -0.2) is 29.9 Å². The summed E-state index contributed by atoms with van der Waals surface area (Å²) in [6, 6.07) is 0. The molecule has 7 heavy (non-hydrogen) atoms. The van der Waals surface area contributed by atoms with Gasteiger partial charge in [0, 0.05) is 0 Å². The Balaban J connectivity index is 3.54. The highest BCUT2D eigenvalue weighted by atomic mass is 28.4. The van der Waals surface area contributed by atoms with Gasteiger partial charge in [-0.05, 0) is 7.05 Å². The minimum Gasteiger partial charge on any atom is -0.356 e. The number of hydrogen-bond donors (Lipinski definition) is 0. The number of nitrogens with zero attached hydrogens (tertiary/aromatic N) is 1. The van der Waals surface area contributed by atoms with Crippen LogP contribution in [0.3, 0.4) is 0 Å². The van der Waals surface area contributed by atoms with E-state index in [1.165, 1.54) is 10.4 Å². The summed E-state index contributed by atoms with van der Waals surface area (Å²) in [7, 11) is 2.59. The van der Waals surface area contributed by atoms with Crippen LogP contribution in [0.2, 0.25) is 19.6 Å². The SMILES string of the molecule is CN([SiH3])[Si](C)(C)C. The van der Waals surface area contributed by atoms with Crippen molar-refractivity contribution < 1.29 is 0 Å². The first-order valence-corrected chi connectivity index (χ1v) is 6.96. The summed E-state index contributed by atoms with van der Waals surface area (Å²) < 4.78 is 2.47. The molecule has 0 radical (unpaired) electrons. The Kier molecular flexibility index (Phi) is 2.23. The van der Waals surface area contributed by atoms with Gasteiger partial charge in [0.15, 0.2) is 0 Å². The van der Waals surface area contributed by atoms with Crippen molar-refractivity contribution in [3.8, 4) is 0 Å². The van der Waals surface area contributed by atoms with Gasteiger partial charge in [-0.2, -0.15) is 0 Å². The molecule has 0 atom stereocenters. The Bertz CT molecular complexity index is 55.2. The highest BCUT2D eigenvalue weighted by molar-refractivity contribution is 6.76. The molecule has 0 aromatic heterocycles. The van der Waals surface area contributed by atoms with Crippen molar-refractivity contribution in [2.45, 2.75) is 19.6 Å². The molecule has 0 unspecified atom stereocenters. The summed E-state index contributed by atoms with van der Waals surface area (Å²) in [5, 5.41) is 0. The molecule has 3 heteroatoms. The van der Waals surface area contributed by atoms with E-state index in [4.69, 9.17) is 0 Å². The van der Waals surface area contributed by atoms with E-state index < -0.39 is 8.24 Å². The van der Waals surface area contributed by atoms with E-state index in [1.807, 2.05) is 0 Å². The summed E-state index contributed by atoms with van der Waals surface area (Å²) in [6.45, 7) is 7.08. The minimum atomic E-state index is -0.840. The largest absolute Gasteiger partial charge is 0.356 e. The Morgan fingerprint density at radius 1 is 1.29 bits per heavy atom. The molecule has 0 spiro atoms. The number of hydrogen-bond acceptors (Lipinski definition) is 1. The lowest BCUT2D eigenvalue weighted by molar-refractivity contribution is 0.820. The highest BCUT2D eigenvalue weighted by Gasteiger charge is 2.13. The van der Waals surface area contributed by atoms with E-state index in [0.29, 0.717) is 0 Å². The first-order valence-electron chi connectivity index (χ1n) is 2.62. The lowest BCUT2D eigenvalue weighted by Gasteiger charge is -2.25. The maximum absolute atomic E-state index is 2.47. The monoisotopic (exact) mass is 133 g/mol. The fourth-order valence-corrected chi connectivity index (χ4v) is 0. The summed E-state index contributed by atoms with van der Waals surface area (Å²) in [5.74, 6) is 0. The second-order valence-corrected chi connectivity index (χ2v) is 10.5. The molecular weight excluding hydrogens is 118 g/mol. The zero-order chi connectivity index (χ0) is 6.08. The minimum absolute atomic E-state index is 0.840. The zero-order valence-electron chi connectivity index (χ0n) is 5.95. The third-order valence-corrected chi connectivity index (χ3v) is 8.05. The zero-order valence-corrected chi connectivity index (χ0v) is 8.95. The van der Waals surface area contributed by atoms with Crippen LogP contribution < -0.4 is 0 Å². The van der Waals surface area contributed by atoms with Crippen molar-refractivity contribution in [3.05, 3.63) is 0 Å². The molecule has 0 saturated carbocycles. The molecule has 0 fully saturated rings. The molecule has 0 saturated heterocycles. The predicted octanol–water partition coefficient (Wildman–Crippen LogP) is 0.0335. The molecule has 0 aliphatic carbocycles. The van der Waals surface area contributed by atoms with Gasteiger partial charge in [-0.15, -0.1) is 0 Å². The molecule has 0 N–H and O–H groups in total. The van der Waals surface area contributed by atoms with Crippen LogP contribution in [0.4, 0.5) is 0 Å². The summed E-state index contributed by atoms with van der Waals surface area (Å²) >= 11 is 0. The van der Waals surface area contributed by atoms with Crippen molar-refractivity contribution in [2.24, 2.45) is 0 Å². The van der Waals surface area contributed by atoms with Crippen LogP contribution in [0.25, 0.3) is 0 Å². The predicted molar refractivity (Wildman–Crippen MR) is 41.0 cm³/mol. The molecule has 0 aliphatic rings. The highest BCUT2D eigenvalue weighted by Crippen LogP contribution is 2.00. The molecule has 0 aliphatic heterocycles. The van der Waals surface area contributed by atoms with Crippen LogP contribution in [0.5, 0.6) is 0 Å². The third kappa shape index (κ3) is 3.02. The van der Waals surface area contributed by atoms with Crippen molar-refractivity contribution in [1.82, 2.24) is 4.23 Å². The molecule has 1 nitrogen and oxygen atoms in total. The van der Waals surface area contributed by atoms with Gasteiger partial charge in [0.25, 0.3) is 0 Å². The molecule has 0 aromatic carbocycles. The van der Waals surface area contributed by atoms with E-state index in [2.05, 4.69) is 30.9 Å². The van der Waals surface area contributed by atoms with Crippen molar-refractivity contribution in [2.75, 3.05) is 7.05 Å². The molecule has 0 amide bonds. The van der Waals surface area contributed by atoms with Crippen LogP contribution >= 0.6 is 0 Å². The van der Waals surface area contributed by atoms with Gasteiger partial charge >= 0.3 is 0 Å². The maximum atomic E-state index is 2.47. The second-order valence-electron chi connectivity index (χ2n) is 3.07. The van der Waals surface area contributed by atoms with Crippen molar-refractivity contribution in [1.29, 1.82) is 0 Å². The molecule has 0 heterocycles. The lowest BCUT2D eigenvalue weighted by atomic mass is 11.6. The normalized spacial score (nSPS) is 13.3. The smallest absolute Gasteiger partial charge is 0.111 e. The topological polar surface area (TPSA) is 3.24 Å². The van der Waals surface area contributed by atoms with E-state index in [9.17, 15) is 0 Å². The lowest BCUT2D eigenvalue weighted by Crippen LogP contribution is -2.40. The van der Waals surface area contributed by atoms with Gasteiger partial charge in [0.1, 0.15) is 8.24 Å². The third-order valence-electron chi connectivity index (χ3n) is 1.34. The van der Waals surface area contributed by atoms with Crippen LogP contribution in [-0.2, 0) is 0 Å². The van der Waals surface area contributed by atoms with Gasteiger partial charge in [-0.3, -0.25) is 0 Å². The standard InChI is InChI=1S/C4H15NSi2/c1-5(6)7(2,3)4/h1-4,6H3. The second kappa shape index (κ2) is 2.11. The van der Waals surface area contributed by atoms with E-state index in [-0.39, 0.29) is 0 Å². The number of rotatable bonds is 1. The molecule has 0 aromatic rings. The van der Waals surface area contributed by atoms with Gasteiger partial charge in [0.2, 0.25) is 0 Å². The fourth-order valence-electron chi connectivity index (χ4n) is 0. The van der Waals surface area contributed by atoms with E-state index in [1.54, 1.807) is 0 Å². The first kappa shape index (κ1) is 7.39. The summed E-state index contributed by atoms with van der Waals surface area (Å²) in [5.41, 5.74) is 0. The van der Waals surface area contributed by atoms with Crippen molar-refractivity contribution in [3.63, 3.8) is 0 Å². The average molecular weight is 133 g/mol. The van der Waals surface area contributed by atoms with E-state index in [0.717, 1.165) is 0 Å². The van der Waals surface area contributed by atoms with Crippen LogP contribution in [0.1, 0.15) is 0 Å². The van der Waals surface area contributed by atoms with Gasteiger partial charge in [0.05, 0.1) is 10.4 Å². The molecule has 0 bridgehead atoms. The average Bonchev–Trinajstić information content (AvgIpc) is 1.31. The molecule has 44 valence electrons. The molecule has 0 rings (SSSR count). The Labute approximate surface area is 50.3 Å².